The van der Waals surface area contributed by atoms with Gasteiger partial charge < -0.3 is 24.8 Å². The maximum Gasteiger partial charge on any atom is 0.321 e. The highest BCUT2D eigenvalue weighted by atomic mass is 16.5. The summed E-state index contributed by atoms with van der Waals surface area (Å²) in [7, 11) is 4.67. The number of carbonyl (C=O) groups is 1. The average Bonchev–Trinajstić information content (AvgIpc) is 2.38. The predicted molar refractivity (Wildman–Crippen MR) is 68.3 cm³/mol. The summed E-state index contributed by atoms with van der Waals surface area (Å²) in [6.07, 6.45) is 0. The van der Waals surface area contributed by atoms with Crippen molar-refractivity contribution >= 4 is 11.7 Å². The van der Waals surface area contributed by atoms with Crippen LogP contribution in [0.3, 0.4) is 0 Å². The number of benzene rings is 1. The van der Waals surface area contributed by atoms with Crippen LogP contribution in [-0.4, -0.2) is 50.5 Å². The van der Waals surface area contributed by atoms with Crippen molar-refractivity contribution in [3.05, 3.63) is 18.2 Å². The molecule has 0 aliphatic carbocycles. The number of urea groups is 1. The summed E-state index contributed by atoms with van der Waals surface area (Å²) < 4.78 is 10.2. The molecular formula is C12H18N2O4. The van der Waals surface area contributed by atoms with Gasteiger partial charge >= 0.3 is 6.03 Å². The van der Waals surface area contributed by atoms with Crippen LogP contribution in [0, 0.1) is 0 Å². The normalized spacial score (nSPS) is 9.78. The molecular weight excluding hydrogens is 236 g/mol. The number of amides is 2. The lowest BCUT2D eigenvalue weighted by atomic mass is 10.2. The first-order valence-corrected chi connectivity index (χ1v) is 5.47. The molecule has 0 bridgehead atoms. The van der Waals surface area contributed by atoms with E-state index in [-0.39, 0.29) is 19.2 Å². The van der Waals surface area contributed by atoms with E-state index >= 15 is 0 Å². The van der Waals surface area contributed by atoms with Crippen LogP contribution in [0.1, 0.15) is 0 Å². The standard InChI is InChI=1S/C12H18N2O4/c1-14(6-7-15)12(16)13-10-8-9(17-2)4-5-11(10)18-3/h4-5,8,15H,6-7H2,1-3H3,(H,13,16). The Kier molecular flexibility index (Phi) is 5.26. The molecule has 0 heterocycles. The number of likely N-dealkylation sites (N-methyl/N-ethyl adjacent to an activating group) is 1. The minimum Gasteiger partial charge on any atom is -0.497 e. The number of nitrogens with zero attached hydrogens (tertiary/aromatic N) is 1. The molecule has 0 saturated heterocycles. The van der Waals surface area contributed by atoms with E-state index in [2.05, 4.69) is 5.32 Å². The number of rotatable bonds is 5. The number of aliphatic hydroxyl groups is 1. The largest absolute Gasteiger partial charge is 0.497 e. The zero-order valence-electron chi connectivity index (χ0n) is 10.8. The first kappa shape index (κ1) is 14.1. The lowest BCUT2D eigenvalue weighted by molar-refractivity contribution is 0.202. The Balaban J connectivity index is 2.84. The van der Waals surface area contributed by atoms with Crippen LogP contribution in [0.4, 0.5) is 10.5 Å². The van der Waals surface area contributed by atoms with Gasteiger partial charge in [0.15, 0.2) is 0 Å². The van der Waals surface area contributed by atoms with Crippen LogP contribution in [0.15, 0.2) is 18.2 Å². The number of hydrogen-bond acceptors (Lipinski definition) is 4. The van der Waals surface area contributed by atoms with Crippen molar-refractivity contribution in [2.45, 2.75) is 0 Å². The fourth-order valence-electron chi connectivity index (χ4n) is 1.37. The predicted octanol–water partition coefficient (Wildman–Crippen LogP) is 1.16. The van der Waals surface area contributed by atoms with Crippen molar-refractivity contribution in [2.75, 3.05) is 39.7 Å². The third kappa shape index (κ3) is 3.53. The van der Waals surface area contributed by atoms with Gasteiger partial charge in [-0.15, -0.1) is 0 Å². The van der Waals surface area contributed by atoms with Crippen LogP contribution in [-0.2, 0) is 0 Å². The van der Waals surface area contributed by atoms with E-state index < -0.39 is 0 Å². The van der Waals surface area contributed by atoms with Gasteiger partial charge in [-0.1, -0.05) is 0 Å². The van der Waals surface area contributed by atoms with Gasteiger partial charge in [-0.3, -0.25) is 0 Å². The highest BCUT2D eigenvalue weighted by Gasteiger charge is 2.12. The van der Waals surface area contributed by atoms with Gasteiger partial charge in [0.2, 0.25) is 0 Å². The van der Waals surface area contributed by atoms with Crippen molar-refractivity contribution in [1.82, 2.24) is 4.90 Å². The molecule has 0 aliphatic heterocycles. The van der Waals surface area contributed by atoms with Gasteiger partial charge in [0.1, 0.15) is 11.5 Å². The number of carbonyl (C=O) groups excluding carboxylic acids is 1. The van der Waals surface area contributed by atoms with Gasteiger partial charge in [0.25, 0.3) is 0 Å². The van der Waals surface area contributed by atoms with Gasteiger partial charge in [-0.25, -0.2) is 4.79 Å². The van der Waals surface area contributed by atoms with Crippen LogP contribution in [0.5, 0.6) is 11.5 Å². The first-order chi connectivity index (χ1) is 8.62. The lowest BCUT2D eigenvalue weighted by Gasteiger charge is -2.18. The molecule has 2 N–H and O–H groups in total. The summed E-state index contributed by atoms with van der Waals surface area (Å²) in [6, 6.07) is 4.80. The molecule has 0 aliphatic rings. The van der Waals surface area contributed by atoms with Gasteiger partial charge in [0, 0.05) is 19.7 Å². The zero-order valence-corrected chi connectivity index (χ0v) is 10.8. The summed E-state index contributed by atoms with van der Waals surface area (Å²) in [6.45, 7) is 0.178. The van der Waals surface area contributed by atoms with E-state index in [9.17, 15) is 4.79 Å². The minimum absolute atomic E-state index is 0.0842. The fraction of sp³-hybridized carbons (Fsp3) is 0.417. The minimum atomic E-state index is -0.324. The van der Waals surface area contributed by atoms with Gasteiger partial charge in [0.05, 0.1) is 26.5 Å². The number of aliphatic hydroxyl groups excluding tert-OH is 1. The number of anilines is 1. The smallest absolute Gasteiger partial charge is 0.321 e. The second-order valence-corrected chi connectivity index (χ2v) is 3.64. The SMILES string of the molecule is COc1ccc(OC)c(NC(=O)N(C)CCO)c1. The summed E-state index contributed by atoms with van der Waals surface area (Å²) in [5.74, 6) is 1.16. The highest BCUT2D eigenvalue weighted by Crippen LogP contribution is 2.28. The van der Waals surface area contributed by atoms with E-state index in [0.717, 1.165) is 0 Å². The number of hydrogen-bond donors (Lipinski definition) is 2. The molecule has 100 valence electrons. The number of ether oxygens (including phenoxy) is 2. The number of methoxy groups -OCH3 is 2. The summed E-state index contributed by atoms with van der Waals surface area (Å²) >= 11 is 0. The average molecular weight is 254 g/mol. The van der Waals surface area contributed by atoms with E-state index in [4.69, 9.17) is 14.6 Å². The van der Waals surface area contributed by atoms with Crippen LogP contribution < -0.4 is 14.8 Å². The summed E-state index contributed by atoms with van der Waals surface area (Å²) in [5, 5.41) is 11.5. The second kappa shape index (κ2) is 6.70. The molecule has 1 aromatic rings. The monoisotopic (exact) mass is 254 g/mol. The molecule has 0 spiro atoms. The quantitative estimate of drug-likeness (QED) is 0.827. The third-order valence-electron chi connectivity index (χ3n) is 2.43. The molecule has 1 rings (SSSR count). The van der Waals surface area contributed by atoms with E-state index in [0.29, 0.717) is 17.2 Å². The maximum absolute atomic E-state index is 11.8. The van der Waals surface area contributed by atoms with E-state index in [1.54, 1.807) is 32.4 Å². The van der Waals surface area contributed by atoms with Gasteiger partial charge in [-0.05, 0) is 12.1 Å². The molecule has 0 fully saturated rings. The van der Waals surface area contributed by atoms with Crippen molar-refractivity contribution in [2.24, 2.45) is 0 Å². The molecule has 0 aromatic heterocycles. The molecule has 0 radical (unpaired) electrons. The second-order valence-electron chi connectivity index (χ2n) is 3.64. The number of nitrogens with one attached hydrogen (secondary N) is 1. The molecule has 2 amide bonds. The Morgan fingerprint density at radius 3 is 2.67 bits per heavy atom. The van der Waals surface area contributed by atoms with Gasteiger partial charge in [-0.2, -0.15) is 0 Å². The highest BCUT2D eigenvalue weighted by molar-refractivity contribution is 5.91. The molecule has 6 heteroatoms. The summed E-state index contributed by atoms with van der Waals surface area (Å²) in [4.78, 5) is 13.2. The van der Waals surface area contributed by atoms with Crippen LogP contribution in [0.25, 0.3) is 0 Å². The van der Waals surface area contributed by atoms with Crippen molar-refractivity contribution in [1.29, 1.82) is 0 Å². The Bertz CT molecular complexity index is 409. The molecule has 6 nitrogen and oxygen atoms in total. The van der Waals surface area contributed by atoms with Crippen molar-refractivity contribution in [3.8, 4) is 11.5 Å². The van der Waals surface area contributed by atoms with Crippen LogP contribution >= 0.6 is 0 Å². The third-order valence-corrected chi connectivity index (χ3v) is 2.43. The summed E-state index contributed by atoms with van der Waals surface area (Å²) in [5.41, 5.74) is 0.520. The molecule has 1 aromatic carbocycles. The Morgan fingerprint density at radius 2 is 2.11 bits per heavy atom. The van der Waals surface area contributed by atoms with E-state index in [1.807, 2.05) is 0 Å². The molecule has 18 heavy (non-hydrogen) atoms. The fourth-order valence-corrected chi connectivity index (χ4v) is 1.37. The zero-order chi connectivity index (χ0) is 13.5. The van der Waals surface area contributed by atoms with Crippen molar-refractivity contribution in [3.63, 3.8) is 0 Å². The maximum atomic E-state index is 11.8. The lowest BCUT2D eigenvalue weighted by Crippen LogP contribution is -2.33. The molecule has 0 unspecified atom stereocenters. The Hall–Kier alpha value is -1.95. The first-order valence-electron chi connectivity index (χ1n) is 5.47. The van der Waals surface area contributed by atoms with Crippen molar-refractivity contribution < 1.29 is 19.4 Å². The Morgan fingerprint density at radius 1 is 1.39 bits per heavy atom. The molecule has 0 atom stereocenters. The van der Waals surface area contributed by atoms with E-state index in [1.165, 1.54) is 12.0 Å². The van der Waals surface area contributed by atoms with Crippen LogP contribution in [0.2, 0.25) is 0 Å². The molecule has 0 saturated carbocycles. The Labute approximate surface area is 106 Å². The topological polar surface area (TPSA) is 71.0 Å².